The second kappa shape index (κ2) is 7.33. The molecule has 3 N–H and O–H groups in total. The summed E-state index contributed by atoms with van der Waals surface area (Å²) in [6.07, 6.45) is 7.13. The molecule has 0 aliphatic heterocycles. The number of rotatable bonds is 4. The maximum absolute atomic E-state index is 10.9. The van der Waals surface area contributed by atoms with Crippen LogP contribution in [-0.2, 0) is 5.60 Å². The van der Waals surface area contributed by atoms with E-state index in [4.69, 9.17) is 0 Å². The van der Waals surface area contributed by atoms with Gasteiger partial charge in [0.05, 0.1) is 11.8 Å². The van der Waals surface area contributed by atoms with Gasteiger partial charge in [0.25, 0.3) is 0 Å². The van der Waals surface area contributed by atoms with Gasteiger partial charge < -0.3 is 15.5 Å². The molecule has 0 aromatic carbocycles. The van der Waals surface area contributed by atoms with Gasteiger partial charge >= 0.3 is 0 Å². The highest BCUT2D eigenvalue weighted by Crippen LogP contribution is 2.36. The smallest absolute Gasteiger partial charge is 0.140 e. The largest absolute Gasteiger partial charge is 0.393 e. The summed E-state index contributed by atoms with van der Waals surface area (Å²) >= 11 is 0. The number of nitrogens with zero attached hydrogens (tertiary/aromatic N) is 4. The molecule has 7 heteroatoms. The molecule has 7 nitrogen and oxygen atoms in total. The minimum absolute atomic E-state index is 0.329. The molecule has 1 aliphatic rings. The van der Waals surface area contributed by atoms with Gasteiger partial charge in [-0.05, 0) is 74.9 Å². The summed E-state index contributed by atoms with van der Waals surface area (Å²) in [6.45, 7) is 4.03. The lowest BCUT2D eigenvalue weighted by Gasteiger charge is -2.32. The van der Waals surface area contributed by atoms with Crippen molar-refractivity contribution in [2.45, 2.75) is 51.2 Å². The Labute approximate surface area is 164 Å². The molecule has 1 saturated carbocycles. The Kier molecular flexibility index (Phi) is 4.87. The molecule has 0 amide bonds. The van der Waals surface area contributed by atoms with Crippen molar-refractivity contribution >= 4 is 11.6 Å². The van der Waals surface area contributed by atoms with Gasteiger partial charge in [-0.3, -0.25) is 4.57 Å². The van der Waals surface area contributed by atoms with E-state index in [1.807, 2.05) is 48.9 Å². The van der Waals surface area contributed by atoms with Crippen LogP contribution in [0.5, 0.6) is 0 Å². The van der Waals surface area contributed by atoms with E-state index in [9.17, 15) is 10.2 Å². The zero-order chi connectivity index (χ0) is 19.7. The average Bonchev–Trinajstić information content (AvgIpc) is 3.15. The van der Waals surface area contributed by atoms with Crippen molar-refractivity contribution in [3.05, 3.63) is 59.8 Å². The van der Waals surface area contributed by atoms with Crippen LogP contribution in [0.1, 0.15) is 42.5 Å². The molecule has 0 unspecified atom stereocenters. The zero-order valence-electron chi connectivity index (χ0n) is 16.1. The molecule has 4 rings (SSSR count). The number of aromatic nitrogens is 4. The number of imidazole rings is 1. The molecule has 1 fully saturated rings. The van der Waals surface area contributed by atoms with Gasteiger partial charge in [0, 0.05) is 12.4 Å². The Morgan fingerprint density at radius 1 is 1.07 bits per heavy atom. The van der Waals surface area contributed by atoms with Crippen LogP contribution in [0.15, 0.2) is 43.0 Å². The normalized spacial score (nSPS) is 22.2. The van der Waals surface area contributed by atoms with Crippen LogP contribution < -0.4 is 5.32 Å². The fourth-order valence-electron chi connectivity index (χ4n) is 3.61. The van der Waals surface area contributed by atoms with E-state index in [1.54, 1.807) is 12.5 Å². The van der Waals surface area contributed by atoms with Gasteiger partial charge in [0.2, 0.25) is 0 Å². The number of aryl methyl sites for hydroxylation is 2. The highest BCUT2D eigenvalue weighted by Gasteiger charge is 2.36. The summed E-state index contributed by atoms with van der Waals surface area (Å²) in [5.74, 6) is 2.15. The van der Waals surface area contributed by atoms with Gasteiger partial charge in [-0.15, -0.1) is 0 Å². The lowest BCUT2D eigenvalue weighted by atomic mass is 9.81. The van der Waals surface area contributed by atoms with E-state index in [2.05, 4.69) is 20.3 Å². The molecular weight excluding hydrogens is 354 g/mol. The van der Waals surface area contributed by atoms with Crippen molar-refractivity contribution in [3.63, 3.8) is 0 Å². The predicted molar refractivity (Wildman–Crippen MR) is 107 cm³/mol. The van der Waals surface area contributed by atoms with E-state index >= 15 is 0 Å². The lowest BCUT2D eigenvalue weighted by molar-refractivity contribution is -0.0389. The SMILES string of the molecule is Cc1ccnc(Nc2cc(C)cc(-n3cnc([C@]4(O)CC[C@@H](O)CC4)c3)n2)c1. The van der Waals surface area contributed by atoms with E-state index in [0.29, 0.717) is 43.0 Å². The summed E-state index contributed by atoms with van der Waals surface area (Å²) in [4.78, 5) is 13.4. The molecule has 1 aliphatic carbocycles. The van der Waals surface area contributed by atoms with Gasteiger partial charge in [0.15, 0.2) is 0 Å². The quantitative estimate of drug-likeness (QED) is 0.644. The molecule has 0 bridgehead atoms. The molecule has 28 heavy (non-hydrogen) atoms. The second-order valence-electron chi connectivity index (χ2n) is 7.66. The lowest BCUT2D eigenvalue weighted by Crippen LogP contribution is -2.33. The Balaban J connectivity index is 1.60. The maximum atomic E-state index is 10.9. The Bertz CT molecular complexity index is 976. The first-order chi connectivity index (χ1) is 13.4. The number of anilines is 2. The maximum Gasteiger partial charge on any atom is 0.140 e. The summed E-state index contributed by atoms with van der Waals surface area (Å²) in [5.41, 5.74) is 1.81. The summed E-state index contributed by atoms with van der Waals surface area (Å²) in [6, 6.07) is 7.84. The third kappa shape index (κ3) is 3.90. The first kappa shape index (κ1) is 18.6. The second-order valence-corrected chi connectivity index (χ2v) is 7.66. The van der Waals surface area contributed by atoms with E-state index < -0.39 is 5.60 Å². The van der Waals surface area contributed by atoms with Crippen LogP contribution in [0, 0.1) is 13.8 Å². The third-order valence-electron chi connectivity index (χ3n) is 5.23. The van der Waals surface area contributed by atoms with Crippen LogP contribution >= 0.6 is 0 Å². The molecule has 3 aromatic heterocycles. The van der Waals surface area contributed by atoms with Crippen molar-refractivity contribution in [3.8, 4) is 5.82 Å². The van der Waals surface area contributed by atoms with Crippen molar-refractivity contribution in [1.82, 2.24) is 19.5 Å². The monoisotopic (exact) mass is 379 g/mol. The molecule has 3 aromatic rings. The van der Waals surface area contributed by atoms with Gasteiger partial charge in [-0.1, -0.05) is 0 Å². The zero-order valence-corrected chi connectivity index (χ0v) is 16.1. The topological polar surface area (TPSA) is 96.1 Å². The van der Waals surface area contributed by atoms with Gasteiger partial charge in [-0.25, -0.2) is 15.0 Å². The molecule has 0 atom stereocenters. The van der Waals surface area contributed by atoms with Gasteiger partial charge in [0.1, 0.15) is 29.4 Å². The average molecular weight is 379 g/mol. The number of hydrogen-bond acceptors (Lipinski definition) is 6. The number of hydrogen-bond donors (Lipinski definition) is 3. The summed E-state index contributed by atoms with van der Waals surface area (Å²) in [5, 5.41) is 23.9. The standard InChI is InChI=1S/C21H25N5O2/c1-14-5-8-22-18(9-14)24-19-10-15(2)11-20(25-19)26-12-17(23-13-26)21(28)6-3-16(27)4-7-21/h5,8-13,16,27-28H,3-4,6-7H2,1-2H3,(H,22,24,25)/t16-,21+. The molecular formula is C21H25N5O2. The van der Waals surface area contributed by atoms with Crippen LogP contribution in [0.4, 0.5) is 11.6 Å². The number of pyridine rings is 2. The van der Waals surface area contributed by atoms with Crippen molar-refractivity contribution in [2.75, 3.05) is 5.32 Å². The summed E-state index contributed by atoms with van der Waals surface area (Å²) in [7, 11) is 0. The van der Waals surface area contributed by atoms with Crippen molar-refractivity contribution < 1.29 is 10.2 Å². The number of aliphatic hydroxyl groups excluding tert-OH is 1. The van der Waals surface area contributed by atoms with Crippen LogP contribution in [0.3, 0.4) is 0 Å². The van der Waals surface area contributed by atoms with Crippen LogP contribution in [0.25, 0.3) is 5.82 Å². The van der Waals surface area contributed by atoms with Crippen LogP contribution in [0.2, 0.25) is 0 Å². The van der Waals surface area contributed by atoms with E-state index in [1.165, 1.54) is 0 Å². The molecule has 3 heterocycles. The Morgan fingerprint density at radius 3 is 2.57 bits per heavy atom. The molecule has 0 spiro atoms. The Morgan fingerprint density at radius 2 is 1.82 bits per heavy atom. The minimum atomic E-state index is -0.985. The first-order valence-corrected chi connectivity index (χ1v) is 9.55. The fraction of sp³-hybridized carbons (Fsp3) is 0.381. The van der Waals surface area contributed by atoms with Gasteiger partial charge in [-0.2, -0.15) is 0 Å². The fourth-order valence-corrected chi connectivity index (χ4v) is 3.61. The number of nitrogens with one attached hydrogen (secondary N) is 1. The van der Waals surface area contributed by atoms with Crippen LogP contribution in [-0.4, -0.2) is 35.8 Å². The van der Waals surface area contributed by atoms with Crippen molar-refractivity contribution in [1.29, 1.82) is 0 Å². The highest BCUT2D eigenvalue weighted by molar-refractivity contribution is 5.55. The highest BCUT2D eigenvalue weighted by atomic mass is 16.3. The number of aliphatic hydroxyl groups is 2. The minimum Gasteiger partial charge on any atom is -0.393 e. The third-order valence-corrected chi connectivity index (χ3v) is 5.23. The molecule has 0 radical (unpaired) electrons. The predicted octanol–water partition coefficient (Wildman–Crippen LogP) is 3.15. The first-order valence-electron chi connectivity index (χ1n) is 9.55. The van der Waals surface area contributed by atoms with E-state index in [-0.39, 0.29) is 6.10 Å². The molecule has 0 saturated heterocycles. The Hall–Kier alpha value is -2.77. The van der Waals surface area contributed by atoms with Crippen molar-refractivity contribution in [2.24, 2.45) is 0 Å². The summed E-state index contributed by atoms with van der Waals surface area (Å²) < 4.78 is 1.82. The molecule has 146 valence electrons. The van der Waals surface area contributed by atoms with E-state index in [0.717, 1.165) is 16.9 Å².